The molecule has 0 aliphatic heterocycles. The van der Waals surface area contributed by atoms with E-state index in [9.17, 15) is 54.0 Å². The summed E-state index contributed by atoms with van der Waals surface area (Å²) in [7, 11) is 0. The Morgan fingerprint density at radius 3 is 1.34 bits per heavy atom. The van der Waals surface area contributed by atoms with Crippen molar-refractivity contribution in [3.8, 4) is 0 Å². The van der Waals surface area contributed by atoms with E-state index in [1.54, 1.807) is 13.8 Å². The number of hydrogen-bond acceptors (Lipinski definition) is 14. The highest BCUT2D eigenvalue weighted by Crippen LogP contribution is 2.08. The summed E-state index contributed by atoms with van der Waals surface area (Å²) in [6, 6.07) is -9.97. The van der Waals surface area contributed by atoms with Crippen molar-refractivity contribution in [1.29, 1.82) is 0 Å². The molecule has 0 unspecified atom stereocenters. The van der Waals surface area contributed by atoms with Gasteiger partial charge in [-0.3, -0.25) is 28.8 Å². The standard InChI is InChI=1S/C29H56N10O11/c1-13(2)11-19(36-27(47)20(12-40)37-23(43)16(33)5-8-30)26(46)38-21(14(3)41)28(48)35-17(6-9-31)24(44)34-18(7-10-32)25(45)39-22(15(4)42)29(49)50/h13-22,40-42H,5-12,30-33H2,1-4H3,(H,34,44)(H,35,48)(H,36,47)(H,37,43)(H,38,46)(H,39,45)(H,49,50)/t14-,15-,16+,17+,18+,19-,20+,21+,22+/m1/s1. The number of amides is 6. The van der Waals surface area contributed by atoms with Crippen LogP contribution in [0.2, 0.25) is 0 Å². The van der Waals surface area contributed by atoms with Crippen LogP contribution >= 0.6 is 0 Å². The number of carboxylic acid groups (broad SMARTS) is 1. The Balaban J connectivity index is 5.93. The lowest BCUT2D eigenvalue weighted by atomic mass is 10.0. The first-order valence-electron chi connectivity index (χ1n) is 16.2. The van der Waals surface area contributed by atoms with Gasteiger partial charge < -0.3 is 75.3 Å². The van der Waals surface area contributed by atoms with E-state index < -0.39 is 103 Å². The summed E-state index contributed by atoms with van der Waals surface area (Å²) in [5.74, 6) is -7.24. The Bertz CT molecular complexity index is 1140. The van der Waals surface area contributed by atoms with Crippen molar-refractivity contribution in [2.24, 2.45) is 28.9 Å². The predicted octanol–water partition coefficient (Wildman–Crippen LogP) is -6.85. The predicted molar refractivity (Wildman–Crippen MR) is 178 cm³/mol. The number of carboxylic acids is 1. The van der Waals surface area contributed by atoms with Gasteiger partial charge in [0.2, 0.25) is 35.4 Å². The quantitative estimate of drug-likeness (QED) is 0.0440. The third-order valence-corrected chi connectivity index (χ3v) is 7.26. The number of carbonyl (C=O) groups is 7. The zero-order chi connectivity index (χ0) is 38.7. The number of hydrogen-bond donors (Lipinski definition) is 14. The summed E-state index contributed by atoms with van der Waals surface area (Å²) in [5, 5.41) is 53.0. The molecule has 0 spiro atoms. The van der Waals surface area contributed by atoms with Crippen LogP contribution in [-0.2, 0) is 33.6 Å². The first kappa shape index (κ1) is 46.0. The van der Waals surface area contributed by atoms with Crippen molar-refractivity contribution in [3.63, 3.8) is 0 Å². The average molecular weight is 721 g/mol. The molecule has 0 aromatic heterocycles. The lowest BCUT2D eigenvalue weighted by Gasteiger charge is -2.28. The van der Waals surface area contributed by atoms with Crippen LogP contribution in [0.3, 0.4) is 0 Å². The summed E-state index contributed by atoms with van der Waals surface area (Å²) in [6.45, 7) is 4.82. The first-order chi connectivity index (χ1) is 23.3. The third-order valence-electron chi connectivity index (χ3n) is 7.26. The molecule has 18 N–H and O–H groups in total. The average Bonchev–Trinajstić information content (AvgIpc) is 3.02. The molecular formula is C29H56N10O11. The van der Waals surface area contributed by atoms with Crippen LogP contribution in [-0.4, -0.2) is 143 Å². The summed E-state index contributed by atoms with van der Waals surface area (Å²) in [5.41, 5.74) is 22.3. The molecule has 50 heavy (non-hydrogen) atoms. The van der Waals surface area contributed by atoms with Crippen molar-refractivity contribution < 1.29 is 54.0 Å². The van der Waals surface area contributed by atoms with E-state index in [2.05, 4.69) is 31.9 Å². The fraction of sp³-hybridized carbons (Fsp3) is 0.759. The Morgan fingerprint density at radius 2 is 0.920 bits per heavy atom. The maximum absolute atomic E-state index is 13.4. The fourth-order valence-corrected chi connectivity index (χ4v) is 4.47. The monoisotopic (exact) mass is 720 g/mol. The van der Waals surface area contributed by atoms with Crippen LogP contribution in [0.1, 0.15) is 53.4 Å². The second-order valence-corrected chi connectivity index (χ2v) is 12.2. The smallest absolute Gasteiger partial charge is 0.328 e. The maximum Gasteiger partial charge on any atom is 0.328 e. The van der Waals surface area contributed by atoms with Crippen molar-refractivity contribution in [3.05, 3.63) is 0 Å². The number of nitrogens with two attached hydrogens (primary N) is 4. The number of aliphatic carboxylic acids is 1. The molecule has 0 aromatic carbocycles. The number of carbonyl (C=O) groups excluding carboxylic acids is 6. The number of aliphatic hydroxyl groups is 3. The van der Waals surface area contributed by atoms with Gasteiger partial charge >= 0.3 is 5.97 Å². The van der Waals surface area contributed by atoms with E-state index >= 15 is 0 Å². The minimum atomic E-state index is -1.69. The molecule has 0 fully saturated rings. The second-order valence-electron chi connectivity index (χ2n) is 12.2. The van der Waals surface area contributed by atoms with Crippen molar-refractivity contribution in [2.45, 2.75) is 108 Å². The molecule has 0 aliphatic rings. The highest BCUT2D eigenvalue weighted by Gasteiger charge is 2.35. The molecule has 21 heteroatoms. The van der Waals surface area contributed by atoms with Gasteiger partial charge in [-0.25, -0.2) is 4.79 Å². The van der Waals surface area contributed by atoms with E-state index in [1.165, 1.54) is 6.92 Å². The maximum atomic E-state index is 13.4. The van der Waals surface area contributed by atoms with Gasteiger partial charge in [-0.1, -0.05) is 13.8 Å². The first-order valence-corrected chi connectivity index (χ1v) is 16.2. The van der Waals surface area contributed by atoms with Crippen LogP contribution < -0.4 is 54.8 Å². The molecule has 0 aromatic rings. The summed E-state index contributed by atoms with van der Waals surface area (Å²) in [6.07, 6.45) is -3.18. The molecule has 0 rings (SSSR count). The molecule has 21 nitrogen and oxygen atoms in total. The molecule has 0 bridgehead atoms. The molecule has 9 atom stereocenters. The van der Waals surface area contributed by atoms with Crippen molar-refractivity contribution in [1.82, 2.24) is 31.9 Å². The lowest BCUT2D eigenvalue weighted by molar-refractivity contribution is -0.145. The van der Waals surface area contributed by atoms with E-state index in [0.29, 0.717) is 0 Å². The second kappa shape index (κ2) is 23.4. The molecule has 288 valence electrons. The molecular weight excluding hydrogens is 664 g/mol. The minimum Gasteiger partial charge on any atom is -0.480 e. The highest BCUT2D eigenvalue weighted by atomic mass is 16.4. The van der Waals surface area contributed by atoms with E-state index in [0.717, 1.165) is 6.92 Å². The van der Waals surface area contributed by atoms with Crippen LogP contribution in [0.4, 0.5) is 0 Å². The van der Waals surface area contributed by atoms with Gasteiger partial charge in [0.25, 0.3) is 0 Å². The minimum absolute atomic E-state index is 0.0328. The van der Waals surface area contributed by atoms with Crippen LogP contribution in [0.25, 0.3) is 0 Å². The Kier molecular flexibility index (Phi) is 21.6. The lowest BCUT2D eigenvalue weighted by Crippen LogP contribution is -2.62. The van der Waals surface area contributed by atoms with Gasteiger partial charge in [0.1, 0.15) is 30.2 Å². The van der Waals surface area contributed by atoms with Crippen LogP contribution in [0, 0.1) is 5.92 Å². The summed E-state index contributed by atoms with van der Waals surface area (Å²) < 4.78 is 0. The third kappa shape index (κ3) is 16.1. The van der Waals surface area contributed by atoms with E-state index in [-0.39, 0.29) is 51.2 Å². The zero-order valence-electron chi connectivity index (χ0n) is 28.9. The van der Waals surface area contributed by atoms with Crippen molar-refractivity contribution >= 4 is 41.4 Å². The Morgan fingerprint density at radius 1 is 0.540 bits per heavy atom. The van der Waals surface area contributed by atoms with E-state index in [1.807, 2.05) is 0 Å². The number of nitrogens with one attached hydrogen (secondary N) is 6. The van der Waals surface area contributed by atoms with E-state index in [4.69, 9.17) is 22.9 Å². The van der Waals surface area contributed by atoms with Gasteiger partial charge in [-0.2, -0.15) is 0 Å². The van der Waals surface area contributed by atoms with Crippen LogP contribution in [0.5, 0.6) is 0 Å². The van der Waals surface area contributed by atoms with Gasteiger partial charge in [-0.15, -0.1) is 0 Å². The Hall–Kier alpha value is -3.99. The largest absolute Gasteiger partial charge is 0.480 e. The SMILES string of the molecule is CC(C)C[C@@H](NC(=O)[C@H](CO)NC(=O)[C@@H](N)CCN)C(=O)N[C@H](C(=O)N[C@@H](CCN)C(=O)N[C@@H](CCN)C(=O)N[C@H](C(=O)O)[C@@H](C)O)[C@@H](C)O. The van der Waals surface area contributed by atoms with Crippen LogP contribution in [0.15, 0.2) is 0 Å². The highest BCUT2D eigenvalue weighted by molar-refractivity contribution is 5.97. The normalized spacial score (nSPS) is 16.6. The number of aliphatic hydroxyl groups excluding tert-OH is 3. The molecule has 0 saturated heterocycles. The van der Waals surface area contributed by atoms with Gasteiger partial charge in [0.05, 0.1) is 24.9 Å². The molecule has 0 aliphatic carbocycles. The molecule has 0 radical (unpaired) electrons. The van der Waals surface area contributed by atoms with Gasteiger partial charge in [0, 0.05) is 0 Å². The number of rotatable bonds is 24. The zero-order valence-corrected chi connectivity index (χ0v) is 28.9. The summed E-state index contributed by atoms with van der Waals surface area (Å²) in [4.78, 5) is 89.3. The Labute approximate surface area is 290 Å². The topological polar surface area (TPSA) is 377 Å². The fourth-order valence-electron chi connectivity index (χ4n) is 4.47. The molecule has 0 saturated carbocycles. The van der Waals surface area contributed by atoms with Crippen molar-refractivity contribution in [2.75, 3.05) is 26.2 Å². The molecule has 0 heterocycles. The van der Waals surface area contributed by atoms with Gasteiger partial charge in [0.15, 0.2) is 6.04 Å². The van der Waals surface area contributed by atoms with Gasteiger partial charge in [-0.05, 0) is 65.1 Å². The summed E-state index contributed by atoms with van der Waals surface area (Å²) >= 11 is 0. The molecule has 6 amide bonds.